The van der Waals surface area contributed by atoms with Crippen LogP contribution in [0.1, 0.15) is 23.7 Å². The third kappa shape index (κ3) is 4.89. The normalized spacial score (nSPS) is 11.7. The quantitative estimate of drug-likeness (QED) is 0.308. The molecule has 1 unspecified atom stereocenters. The van der Waals surface area contributed by atoms with E-state index in [-0.39, 0.29) is 12.1 Å². The molecule has 0 aliphatic rings. The van der Waals surface area contributed by atoms with Crippen molar-refractivity contribution in [1.82, 2.24) is 10.3 Å². The number of carboxylic acid groups (broad SMARTS) is 1. The zero-order chi connectivity index (χ0) is 24.1. The Morgan fingerprint density at radius 1 is 0.941 bits per heavy atom. The molecule has 0 bridgehead atoms. The van der Waals surface area contributed by atoms with E-state index in [4.69, 9.17) is 4.98 Å². The number of aromatic nitrogens is 1. The van der Waals surface area contributed by atoms with E-state index in [1.807, 2.05) is 67.6 Å². The average molecular weight is 456 g/mol. The van der Waals surface area contributed by atoms with Crippen molar-refractivity contribution >= 4 is 28.6 Å². The smallest absolute Gasteiger partial charge is 0.337 e. The number of aliphatic hydroxyl groups is 1. The Hall–Kier alpha value is -4.23. The highest BCUT2D eigenvalue weighted by Crippen LogP contribution is 2.38. The molecule has 4 aromatic rings. The van der Waals surface area contributed by atoms with Gasteiger partial charge in [0.05, 0.1) is 22.9 Å². The van der Waals surface area contributed by atoms with E-state index in [0.717, 1.165) is 11.1 Å². The first-order chi connectivity index (χ1) is 16.5. The monoisotopic (exact) mass is 455 g/mol. The van der Waals surface area contributed by atoms with Crippen LogP contribution in [0.15, 0.2) is 78.9 Å². The number of hydrogen-bond acceptors (Lipinski definition) is 4. The lowest BCUT2D eigenvalue weighted by Crippen LogP contribution is -2.34. The third-order valence-corrected chi connectivity index (χ3v) is 5.54. The molecule has 2 amide bonds. The summed E-state index contributed by atoms with van der Waals surface area (Å²) in [5.74, 6) is -1.09. The molecule has 0 aliphatic heterocycles. The van der Waals surface area contributed by atoms with Crippen molar-refractivity contribution in [3.8, 4) is 22.4 Å². The number of fused-ring (bicyclic) bond motifs is 1. The van der Waals surface area contributed by atoms with Crippen molar-refractivity contribution in [1.29, 1.82) is 0 Å². The predicted molar refractivity (Wildman–Crippen MR) is 133 cm³/mol. The minimum Gasteiger partial charge on any atom is -0.478 e. The lowest BCUT2D eigenvalue weighted by molar-refractivity contribution is 0.0699. The lowest BCUT2D eigenvalue weighted by Gasteiger charge is -2.17. The van der Waals surface area contributed by atoms with Gasteiger partial charge >= 0.3 is 12.0 Å². The van der Waals surface area contributed by atoms with Crippen molar-refractivity contribution in [2.24, 2.45) is 0 Å². The molecule has 172 valence electrons. The molecule has 4 N–H and O–H groups in total. The molecule has 1 aromatic heterocycles. The van der Waals surface area contributed by atoms with Crippen LogP contribution in [0.4, 0.5) is 10.5 Å². The summed E-state index contributed by atoms with van der Waals surface area (Å²) < 4.78 is 0. The van der Waals surface area contributed by atoms with Crippen molar-refractivity contribution < 1.29 is 19.8 Å². The van der Waals surface area contributed by atoms with Crippen LogP contribution in [0.2, 0.25) is 0 Å². The van der Waals surface area contributed by atoms with Gasteiger partial charge in [0, 0.05) is 28.7 Å². The van der Waals surface area contributed by atoms with Gasteiger partial charge in [0.1, 0.15) is 0 Å². The number of carbonyl (C=O) groups excluding carboxylic acids is 1. The van der Waals surface area contributed by atoms with Gasteiger partial charge in [-0.2, -0.15) is 0 Å². The Morgan fingerprint density at radius 2 is 1.59 bits per heavy atom. The Bertz CT molecular complexity index is 1320. The number of aromatic carboxylic acids is 1. The van der Waals surface area contributed by atoms with E-state index >= 15 is 0 Å². The summed E-state index contributed by atoms with van der Waals surface area (Å²) in [6, 6.07) is 23.3. The molecule has 3 aromatic carbocycles. The van der Waals surface area contributed by atoms with Crippen LogP contribution in [0, 0.1) is 0 Å². The highest BCUT2D eigenvalue weighted by Gasteiger charge is 2.23. The number of nitrogens with one attached hydrogen (secondary N) is 2. The summed E-state index contributed by atoms with van der Waals surface area (Å²) in [4.78, 5) is 29.7. The number of pyridine rings is 1. The minimum atomic E-state index is -1.09. The molecule has 0 saturated heterocycles. The van der Waals surface area contributed by atoms with E-state index in [2.05, 4.69) is 10.6 Å². The van der Waals surface area contributed by atoms with Crippen molar-refractivity contribution in [3.05, 3.63) is 84.4 Å². The highest BCUT2D eigenvalue weighted by atomic mass is 16.4. The number of hydrogen-bond donors (Lipinski definition) is 4. The Kier molecular flexibility index (Phi) is 6.85. The number of nitrogens with zero attached hydrogens (tertiary/aromatic N) is 1. The summed E-state index contributed by atoms with van der Waals surface area (Å²) in [6.45, 7) is 1.94. The van der Waals surface area contributed by atoms with Gasteiger partial charge in [-0.1, -0.05) is 67.6 Å². The van der Waals surface area contributed by atoms with E-state index in [9.17, 15) is 19.8 Å². The molecule has 7 nitrogen and oxygen atoms in total. The Labute approximate surface area is 197 Å². The van der Waals surface area contributed by atoms with Gasteiger partial charge in [0.15, 0.2) is 0 Å². The van der Waals surface area contributed by atoms with Crippen LogP contribution >= 0.6 is 0 Å². The molecule has 7 heteroatoms. The van der Waals surface area contributed by atoms with E-state index < -0.39 is 18.1 Å². The van der Waals surface area contributed by atoms with Crippen LogP contribution < -0.4 is 10.6 Å². The topological polar surface area (TPSA) is 112 Å². The SMILES string of the molecule is CCC(O)CNC(=O)Nc1ccc2nc(-c3ccccc3)c(-c3ccccc3)c(C(=O)O)c2c1. The number of carboxylic acids is 1. The van der Waals surface area contributed by atoms with Gasteiger partial charge in [-0.05, 0) is 30.2 Å². The van der Waals surface area contributed by atoms with E-state index in [0.29, 0.717) is 34.3 Å². The fraction of sp³-hybridized carbons (Fsp3) is 0.148. The Morgan fingerprint density at radius 3 is 2.21 bits per heavy atom. The van der Waals surface area contributed by atoms with Crippen LogP contribution in [-0.2, 0) is 0 Å². The molecule has 4 rings (SSSR count). The lowest BCUT2D eigenvalue weighted by atomic mass is 9.91. The standard InChI is InChI=1S/C27H25N3O4/c1-2-20(31)16-28-27(34)29-19-13-14-22-21(15-19)24(26(32)33)23(17-9-5-3-6-10-17)25(30-22)18-11-7-4-8-12-18/h3-15,20,31H,2,16H2,1H3,(H,32,33)(H2,28,29,34). The van der Waals surface area contributed by atoms with Crippen molar-refractivity contribution in [2.75, 3.05) is 11.9 Å². The molecule has 1 atom stereocenters. The molecule has 0 spiro atoms. The van der Waals surface area contributed by atoms with Crippen LogP contribution in [-0.4, -0.2) is 39.8 Å². The van der Waals surface area contributed by atoms with Crippen molar-refractivity contribution in [2.45, 2.75) is 19.4 Å². The van der Waals surface area contributed by atoms with Gasteiger partial charge in [-0.3, -0.25) is 0 Å². The number of anilines is 1. The maximum Gasteiger partial charge on any atom is 0.337 e. The zero-order valence-electron chi connectivity index (χ0n) is 18.7. The maximum atomic E-state index is 12.6. The average Bonchev–Trinajstić information content (AvgIpc) is 2.87. The molecule has 0 radical (unpaired) electrons. The number of carbonyl (C=O) groups is 2. The van der Waals surface area contributed by atoms with Crippen LogP contribution in [0.3, 0.4) is 0 Å². The first kappa shape index (κ1) is 22.9. The summed E-state index contributed by atoms with van der Waals surface area (Å²) in [5.41, 5.74) is 3.67. The second kappa shape index (κ2) is 10.1. The second-order valence-corrected chi connectivity index (χ2v) is 7.88. The van der Waals surface area contributed by atoms with Gasteiger partial charge < -0.3 is 20.8 Å². The van der Waals surface area contributed by atoms with Gasteiger partial charge in [-0.15, -0.1) is 0 Å². The minimum absolute atomic E-state index is 0.112. The third-order valence-electron chi connectivity index (χ3n) is 5.54. The molecule has 34 heavy (non-hydrogen) atoms. The molecule has 0 fully saturated rings. The number of benzene rings is 3. The molecular formula is C27H25N3O4. The molecular weight excluding hydrogens is 430 g/mol. The predicted octanol–water partition coefficient (Wildman–Crippen LogP) is 5.16. The molecule has 0 saturated carbocycles. The largest absolute Gasteiger partial charge is 0.478 e. The highest BCUT2D eigenvalue weighted by molar-refractivity contribution is 6.12. The van der Waals surface area contributed by atoms with Crippen molar-refractivity contribution in [3.63, 3.8) is 0 Å². The number of aliphatic hydroxyl groups excluding tert-OH is 1. The zero-order valence-corrected chi connectivity index (χ0v) is 18.7. The number of amides is 2. The summed E-state index contributed by atoms with van der Waals surface area (Å²) in [6.07, 6.45) is -0.106. The fourth-order valence-electron chi connectivity index (χ4n) is 3.78. The van der Waals surface area contributed by atoms with E-state index in [1.54, 1.807) is 18.2 Å². The number of urea groups is 1. The first-order valence-electron chi connectivity index (χ1n) is 11.0. The van der Waals surface area contributed by atoms with Gasteiger partial charge in [-0.25, -0.2) is 14.6 Å². The summed E-state index contributed by atoms with van der Waals surface area (Å²) >= 11 is 0. The van der Waals surface area contributed by atoms with Gasteiger partial charge in [0.25, 0.3) is 0 Å². The first-order valence-corrected chi connectivity index (χ1v) is 11.0. The number of rotatable bonds is 7. The maximum absolute atomic E-state index is 12.6. The van der Waals surface area contributed by atoms with Crippen LogP contribution in [0.5, 0.6) is 0 Å². The molecule has 1 heterocycles. The van der Waals surface area contributed by atoms with Gasteiger partial charge in [0.2, 0.25) is 0 Å². The fourth-order valence-corrected chi connectivity index (χ4v) is 3.78. The Balaban J connectivity index is 1.86. The van der Waals surface area contributed by atoms with Crippen LogP contribution in [0.25, 0.3) is 33.3 Å². The summed E-state index contributed by atoms with van der Waals surface area (Å²) in [7, 11) is 0. The van der Waals surface area contributed by atoms with E-state index in [1.165, 1.54) is 0 Å². The second-order valence-electron chi connectivity index (χ2n) is 7.88. The summed E-state index contributed by atoms with van der Waals surface area (Å²) in [5, 5.41) is 25.7. The molecule has 0 aliphatic carbocycles.